The molecule has 1 aromatic carbocycles. The summed E-state index contributed by atoms with van der Waals surface area (Å²) < 4.78 is 46.1. The average Bonchev–Trinajstić information content (AvgIpc) is 2.81. The highest BCUT2D eigenvalue weighted by atomic mass is 19.4. The van der Waals surface area contributed by atoms with E-state index < -0.39 is 17.7 Å². The van der Waals surface area contributed by atoms with E-state index in [-0.39, 0.29) is 30.6 Å². The molecule has 0 bridgehead atoms. The first-order valence-corrected chi connectivity index (χ1v) is 11.8. The first-order chi connectivity index (χ1) is 16.2. The fraction of sp³-hybridized carbons (Fsp3) is 0.520. The van der Waals surface area contributed by atoms with E-state index in [0.717, 1.165) is 17.6 Å². The molecule has 2 aromatic rings. The monoisotopic (exact) mass is 474 g/mol. The van der Waals surface area contributed by atoms with Crippen LogP contribution in [0.15, 0.2) is 42.6 Å². The third-order valence-corrected chi connectivity index (χ3v) is 7.06. The Morgan fingerprint density at radius 2 is 1.82 bits per heavy atom. The van der Waals surface area contributed by atoms with E-state index in [2.05, 4.69) is 14.8 Å². The van der Waals surface area contributed by atoms with Crippen LogP contribution >= 0.6 is 0 Å². The second-order valence-corrected chi connectivity index (χ2v) is 9.55. The van der Waals surface area contributed by atoms with E-state index in [0.29, 0.717) is 38.3 Å². The van der Waals surface area contributed by atoms with Crippen molar-refractivity contribution in [2.45, 2.75) is 44.7 Å². The fourth-order valence-corrected chi connectivity index (χ4v) is 5.63. The highest BCUT2D eigenvalue weighted by Gasteiger charge is 2.45. The van der Waals surface area contributed by atoms with Crippen molar-refractivity contribution in [3.05, 3.63) is 53.7 Å². The molecule has 4 heterocycles. The van der Waals surface area contributed by atoms with Crippen LogP contribution in [0.5, 0.6) is 0 Å². The van der Waals surface area contributed by atoms with Crippen LogP contribution in [0.3, 0.4) is 0 Å². The largest absolute Gasteiger partial charge is 0.416 e. The van der Waals surface area contributed by atoms with Crippen molar-refractivity contribution in [1.29, 1.82) is 0 Å². The van der Waals surface area contributed by atoms with Crippen LogP contribution in [0.25, 0.3) is 0 Å². The molecule has 6 nitrogen and oxygen atoms in total. The normalized spacial score (nSPS) is 27.3. The quantitative estimate of drug-likeness (QED) is 0.666. The van der Waals surface area contributed by atoms with Gasteiger partial charge in [0.1, 0.15) is 5.82 Å². The summed E-state index contributed by atoms with van der Waals surface area (Å²) in [6, 6.07) is 9.53. The number of aromatic nitrogens is 1. The lowest BCUT2D eigenvalue weighted by Gasteiger charge is -2.50. The van der Waals surface area contributed by atoms with E-state index >= 15 is 0 Å². The number of carbonyl (C=O) groups excluding carboxylic acids is 1. The Labute approximate surface area is 197 Å². The summed E-state index contributed by atoms with van der Waals surface area (Å²) in [4.78, 5) is 24.4. The molecular formula is C25H29F3N4O2. The third-order valence-electron chi connectivity index (χ3n) is 7.06. The predicted octanol–water partition coefficient (Wildman–Crippen LogP) is 3.60. The number of pyridine rings is 1. The van der Waals surface area contributed by atoms with Crippen LogP contribution in [0.1, 0.15) is 25.0 Å². The number of amides is 1. The number of hydrogen-bond acceptors (Lipinski definition) is 5. The van der Waals surface area contributed by atoms with E-state index in [1.807, 2.05) is 36.9 Å². The smallest absolute Gasteiger partial charge is 0.372 e. The molecule has 1 aromatic heterocycles. The van der Waals surface area contributed by atoms with Crippen molar-refractivity contribution < 1.29 is 22.7 Å². The van der Waals surface area contributed by atoms with Gasteiger partial charge in [0.15, 0.2) is 0 Å². The SMILES string of the molecule is CC1CN(C(=O)C2Cc3cc(C(F)(F)F)ccc3N3CCN(c4ccccn4)CC23)CC(C)O1. The van der Waals surface area contributed by atoms with Gasteiger partial charge in [-0.2, -0.15) is 13.2 Å². The molecule has 0 radical (unpaired) electrons. The second kappa shape index (κ2) is 8.76. The first-order valence-electron chi connectivity index (χ1n) is 11.8. The number of rotatable bonds is 2. The molecule has 34 heavy (non-hydrogen) atoms. The van der Waals surface area contributed by atoms with Gasteiger partial charge < -0.3 is 19.4 Å². The van der Waals surface area contributed by atoms with Crippen LogP contribution in [0, 0.1) is 5.92 Å². The molecule has 1 amide bonds. The van der Waals surface area contributed by atoms with Crippen molar-refractivity contribution in [2.75, 3.05) is 42.5 Å². The fourth-order valence-electron chi connectivity index (χ4n) is 5.63. The maximum atomic E-state index is 13.8. The van der Waals surface area contributed by atoms with Crippen molar-refractivity contribution >= 4 is 17.4 Å². The van der Waals surface area contributed by atoms with E-state index in [1.165, 1.54) is 6.07 Å². The number of fused-ring (bicyclic) bond motifs is 3. The van der Waals surface area contributed by atoms with Gasteiger partial charge in [-0.25, -0.2) is 4.98 Å². The van der Waals surface area contributed by atoms with Gasteiger partial charge in [-0.3, -0.25) is 4.79 Å². The minimum absolute atomic E-state index is 0.0112. The third kappa shape index (κ3) is 4.33. The number of benzene rings is 1. The molecule has 2 fully saturated rings. The number of halogens is 3. The summed E-state index contributed by atoms with van der Waals surface area (Å²) in [6.07, 6.45) is -2.54. The number of carbonyl (C=O) groups is 1. The van der Waals surface area contributed by atoms with Gasteiger partial charge in [-0.05, 0) is 56.2 Å². The summed E-state index contributed by atoms with van der Waals surface area (Å²) >= 11 is 0. The Hall–Kier alpha value is -2.81. The number of morpholine rings is 1. The molecule has 9 heteroatoms. The lowest BCUT2D eigenvalue weighted by molar-refractivity contribution is -0.148. The molecule has 0 spiro atoms. The van der Waals surface area contributed by atoms with E-state index in [9.17, 15) is 18.0 Å². The topological polar surface area (TPSA) is 48.9 Å². The zero-order valence-corrected chi connectivity index (χ0v) is 19.3. The lowest BCUT2D eigenvalue weighted by atomic mass is 9.82. The van der Waals surface area contributed by atoms with Crippen LogP contribution in [-0.4, -0.2) is 66.8 Å². The van der Waals surface area contributed by atoms with Crippen LogP contribution in [-0.2, 0) is 22.1 Å². The average molecular weight is 475 g/mol. The highest BCUT2D eigenvalue weighted by Crippen LogP contribution is 2.40. The molecule has 4 atom stereocenters. The Morgan fingerprint density at radius 1 is 1.06 bits per heavy atom. The molecule has 0 N–H and O–H groups in total. The van der Waals surface area contributed by atoms with Crippen molar-refractivity contribution in [1.82, 2.24) is 9.88 Å². The number of hydrogen-bond donors (Lipinski definition) is 0. The van der Waals surface area contributed by atoms with Gasteiger partial charge >= 0.3 is 6.18 Å². The lowest BCUT2D eigenvalue weighted by Crippen LogP contribution is -2.62. The van der Waals surface area contributed by atoms with E-state index in [4.69, 9.17) is 4.74 Å². The number of anilines is 2. The molecule has 4 unspecified atom stereocenters. The number of ether oxygens (including phenoxy) is 1. The molecule has 0 aliphatic carbocycles. The standard InChI is InChI=1S/C25H29F3N4O2/c1-16-13-31(14-17(2)34-16)24(33)20-12-18-11-19(25(26,27)28)6-7-21(18)32-10-9-30(15-22(20)32)23-5-3-4-8-29-23/h3-8,11,16-17,20,22H,9-10,12-15H2,1-2H3. The maximum Gasteiger partial charge on any atom is 0.416 e. The van der Waals surface area contributed by atoms with Gasteiger partial charge in [0, 0.05) is 44.6 Å². The Bertz CT molecular complexity index is 1040. The van der Waals surface area contributed by atoms with Crippen molar-refractivity contribution in [3.63, 3.8) is 0 Å². The number of piperazine rings is 1. The van der Waals surface area contributed by atoms with E-state index in [1.54, 1.807) is 12.3 Å². The van der Waals surface area contributed by atoms with Gasteiger partial charge in [0.25, 0.3) is 0 Å². The van der Waals surface area contributed by atoms with Gasteiger partial charge in [-0.15, -0.1) is 0 Å². The predicted molar refractivity (Wildman–Crippen MR) is 123 cm³/mol. The molecule has 3 aliphatic heterocycles. The molecule has 3 aliphatic rings. The molecule has 2 saturated heterocycles. The second-order valence-electron chi connectivity index (χ2n) is 9.55. The molecule has 0 saturated carbocycles. The molecule has 5 rings (SSSR count). The van der Waals surface area contributed by atoms with Gasteiger partial charge in [-0.1, -0.05) is 6.07 Å². The van der Waals surface area contributed by atoms with Crippen LogP contribution in [0.2, 0.25) is 0 Å². The summed E-state index contributed by atoms with van der Waals surface area (Å²) in [7, 11) is 0. The first kappa shape index (κ1) is 23.0. The number of nitrogens with zero attached hydrogens (tertiary/aromatic N) is 4. The highest BCUT2D eigenvalue weighted by molar-refractivity contribution is 5.82. The maximum absolute atomic E-state index is 13.8. The zero-order valence-electron chi connectivity index (χ0n) is 19.3. The molecule has 182 valence electrons. The van der Waals surface area contributed by atoms with Crippen molar-refractivity contribution in [3.8, 4) is 0 Å². The molecular weight excluding hydrogens is 445 g/mol. The van der Waals surface area contributed by atoms with Gasteiger partial charge in [0.05, 0.1) is 29.7 Å². The zero-order chi connectivity index (χ0) is 24.0. The minimum Gasteiger partial charge on any atom is -0.372 e. The summed E-state index contributed by atoms with van der Waals surface area (Å²) in [6.45, 7) is 6.75. The summed E-state index contributed by atoms with van der Waals surface area (Å²) in [5.41, 5.74) is 0.716. The van der Waals surface area contributed by atoms with Crippen LogP contribution in [0.4, 0.5) is 24.7 Å². The van der Waals surface area contributed by atoms with Crippen LogP contribution < -0.4 is 9.80 Å². The Balaban J connectivity index is 1.49. The summed E-state index contributed by atoms with van der Waals surface area (Å²) in [5.74, 6) is 0.392. The minimum atomic E-state index is -4.42. The van der Waals surface area contributed by atoms with Gasteiger partial charge in [0.2, 0.25) is 5.91 Å². The number of alkyl halides is 3. The Morgan fingerprint density at radius 3 is 2.50 bits per heavy atom. The summed E-state index contributed by atoms with van der Waals surface area (Å²) in [5, 5.41) is 0. The van der Waals surface area contributed by atoms with Crippen molar-refractivity contribution in [2.24, 2.45) is 5.92 Å². The Kier molecular flexibility index (Phi) is 5.91.